The molecule has 0 N–H and O–H groups in total. The Labute approximate surface area is 425 Å². The zero-order chi connectivity index (χ0) is 49.6. The third-order valence-corrected chi connectivity index (χ3v) is 14.2. The van der Waals surface area contributed by atoms with Crippen LogP contribution < -0.4 is 0 Å². The average Bonchev–Trinajstić information content (AvgIpc) is 3.31. The number of hydrogen-bond donors (Lipinski definition) is 0. The first-order chi connectivity index (χ1) is 33.2. The van der Waals surface area contributed by atoms with Gasteiger partial charge in [0, 0.05) is 19.3 Å². The van der Waals surface area contributed by atoms with Crippen LogP contribution in [0, 0.1) is 11.8 Å². The van der Waals surface area contributed by atoms with Gasteiger partial charge in [0.05, 0.1) is 0 Å². The molecule has 0 fully saturated rings. The summed E-state index contributed by atoms with van der Waals surface area (Å²) in [6.07, 6.45) is 59.6. The number of esters is 3. The van der Waals surface area contributed by atoms with E-state index in [1.54, 1.807) is 0 Å². The van der Waals surface area contributed by atoms with Crippen molar-refractivity contribution in [3.8, 4) is 0 Å². The van der Waals surface area contributed by atoms with Crippen LogP contribution in [0.2, 0.25) is 0 Å². The van der Waals surface area contributed by atoms with Gasteiger partial charge >= 0.3 is 17.9 Å². The van der Waals surface area contributed by atoms with Gasteiger partial charge in [0.25, 0.3) is 0 Å². The topological polar surface area (TPSA) is 78.9 Å². The van der Waals surface area contributed by atoms with Crippen molar-refractivity contribution in [2.45, 2.75) is 355 Å². The van der Waals surface area contributed by atoms with Gasteiger partial charge in [0.15, 0.2) is 6.10 Å². The Morgan fingerprint density at radius 2 is 0.485 bits per heavy atom. The van der Waals surface area contributed by atoms with Crippen LogP contribution in [0.1, 0.15) is 349 Å². The van der Waals surface area contributed by atoms with Gasteiger partial charge in [-0.1, -0.05) is 311 Å². The molecule has 0 aromatic heterocycles. The molecule has 0 bridgehead atoms. The van der Waals surface area contributed by atoms with Gasteiger partial charge in [-0.2, -0.15) is 0 Å². The van der Waals surface area contributed by atoms with Gasteiger partial charge in [-0.3, -0.25) is 14.4 Å². The molecule has 6 nitrogen and oxygen atoms in total. The smallest absolute Gasteiger partial charge is 0.306 e. The fraction of sp³-hybridized carbons (Fsp3) is 0.952. The molecular weight excluding hydrogens is 841 g/mol. The van der Waals surface area contributed by atoms with Crippen molar-refractivity contribution in [1.29, 1.82) is 0 Å². The van der Waals surface area contributed by atoms with Crippen molar-refractivity contribution in [3.05, 3.63) is 0 Å². The highest BCUT2D eigenvalue weighted by Crippen LogP contribution is 2.19. The van der Waals surface area contributed by atoms with E-state index in [4.69, 9.17) is 14.2 Å². The SMILES string of the molecule is CCCCCCCCCCCCCCCCCCC(=O)OC[C@H](COC(=O)CCCCCCCCCCCCC(C)C)OC(=O)CCCCCCCCCCCCCCCCCCCCC(C)C. The molecular formula is C62H120O6. The molecule has 0 spiro atoms. The lowest BCUT2D eigenvalue weighted by Gasteiger charge is -2.18. The normalized spacial score (nSPS) is 12.0. The van der Waals surface area contributed by atoms with Crippen LogP contribution in [-0.4, -0.2) is 37.2 Å². The largest absolute Gasteiger partial charge is 0.462 e. The monoisotopic (exact) mass is 961 g/mol. The highest BCUT2D eigenvalue weighted by atomic mass is 16.6. The van der Waals surface area contributed by atoms with E-state index >= 15 is 0 Å². The van der Waals surface area contributed by atoms with Gasteiger partial charge in [0.1, 0.15) is 13.2 Å². The molecule has 0 aromatic rings. The molecule has 68 heavy (non-hydrogen) atoms. The zero-order valence-electron chi connectivity index (χ0n) is 46.7. The summed E-state index contributed by atoms with van der Waals surface area (Å²) in [5.41, 5.74) is 0. The standard InChI is InChI=1S/C62H120O6/c1-6-7-8-9-10-11-12-13-14-20-23-26-32-37-42-47-52-60(63)66-55-59(56-67-61(64)53-48-43-38-33-29-28-31-36-41-46-51-58(4)5)68-62(65)54-49-44-39-34-27-24-21-18-16-15-17-19-22-25-30-35-40-45-50-57(2)3/h57-59H,6-56H2,1-5H3/t59-/m1/s1. The van der Waals surface area contributed by atoms with Gasteiger partial charge in [-0.05, 0) is 31.1 Å². The van der Waals surface area contributed by atoms with Crippen molar-refractivity contribution < 1.29 is 28.6 Å². The maximum absolute atomic E-state index is 12.9. The molecule has 1 atom stereocenters. The van der Waals surface area contributed by atoms with Crippen LogP contribution in [0.15, 0.2) is 0 Å². The van der Waals surface area contributed by atoms with Gasteiger partial charge in [0.2, 0.25) is 0 Å². The molecule has 0 rings (SSSR count). The summed E-state index contributed by atoms with van der Waals surface area (Å²) in [6.45, 7) is 11.4. The van der Waals surface area contributed by atoms with Crippen molar-refractivity contribution >= 4 is 17.9 Å². The minimum absolute atomic E-state index is 0.0623. The summed E-state index contributed by atoms with van der Waals surface area (Å²) in [4.78, 5) is 38.2. The van der Waals surface area contributed by atoms with Crippen LogP contribution in [-0.2, 0) is 28.6 Å². The Kier molecular flexibility index (Phi) is 53.5. The zero-order valence-corrected chi connectivity index (χ0v) is 46.7. The van der Waals surface area contributed by atoms with Crippen LogP contribution in [0.25, 0.3) is 0 Å². The molecule has 0 amide bonds. The predicted octanol–water partition coefficient (Wildman–Crippen LogP) is 20.4. The molecule has 0 saturated heterocycles. The molecule has 0 unspecified atom stereocenters. The third-order valence-electron chi connectivity index (χ3n) is 14.2. The lowest BCUT2D eigenvalue weighted by molar-refractivity contribution is -0.167. The number of carbonyl (C=O) groups is 3. The van der Waals surface area contributed by atoms with E-state index in [0.717, 1.165) is 69.6 Å². The fourth-order valence-electron chi connectivity index (χ4n) is 9.58. The van der Waals surface area contributed by atoms with Crippen LogP contribution in [0.4, 0.5) is 0 Å². The van der Waals surface area contributed by atoms with E-state index in [-0.39, 0.29) is 31.1 Å². The average molecular weight is 962 g/mol. The summed E-state index contributed by atoms with van der Waals surface area (Å²) in [5.74, 6) is 0.841. The molecule has 6 heteroatoms. The first kappa shape index (κ1) is 66.4. The predicted molar refractivity (Wildman–Crippen MR) is 293 cm³/mol. The van der Waals surface area contributed by atoms with E-state index in [2.05, 4.69) is 34.6 Å². The summed E-state index contributed by atoms with van der Waals surface area (Å²) >= 11 is 0. The van der Waals surface area contributed by atoms with E-state index in [9.17, 15) is 14.4 Å². The van der Waals surface area contributed by atoms with Crippen molar-refractivity contribution in [1.82, 2.24) is 0 Å². The van der Waals surface area contributed by atoms with Crippen molar-refractivity contribution in [3.63, 3.8) is 0 Å². The van der Waals surface area contributed by atoms with Crippen LogP contribution in [0.3, 0.4) is 0 Å². The maximum Gasteiger partial charge on any atom is 0.306 e. The van der Waals surface area contributed by atoms with E-state index in [0.29, 0.717) is 19.3 Å². The Bertz CT molecular complexity index is 1040. The minimum atomic E-state index is -0.763. The second kappa shape index (κ2) is 54.7. The highest BCUT2D eigenvalue weighted by Gasteiger charge is 2.19. The Hall–Kier alpha value is -1.59. The summed E-state index contributed by atoms with van der Waals surface area (Å²) < 4.78 is 16.9. The molecule has 0 aromatic carbocycles. The summed E-state index contributed by atoms with van der Waals surface area (Å²) in [6, 6.07) is 0. The maximum atomic E-state index is 12.9. The second-order valence-electron chi connectivity index (χ2n) is 22.3. The van der Waals surface area contributed by atoms with Gasteiger partial charge < -0.3 is 14.2 Å². The highest BCUT2D eigenvalue weighted by molar-refractivity contribution is 5.71. The first-order valence-corrected chi connectivity index (χ1v) is 30.7. The second-order valence-corrected chi connectivity index (χ2v) is 22.3. The number of hydrogen-bond acceptors (Lipinski definition) is 6. The lowest BCUT2D eigenvalue weighted by Crippen LogP contribution is -2.30. The first-order valence-electron chi connectivity index (χ1n) is 30.7. The van der Waals surface area contributed by atoms with Crippen molar-refractivity contribution in [2.75, 3.05) is 13.2 Å². The number of rotatable bonds is 56. The van der Waals surface area contributed by atoms with E-state index in [1.165, 1.54) is 238 Å². The fourth-order valence-corrected chi connectivity index (χ4v) is 9.58. The summed E-state index contributed by atoms with van der Waals surface area (Å²) in [5, 5.41) is 0. The number of carbonyl (C=O) groups excluding carboxylic acids is 3. The molecule has 0 aliphatic heterocycles. The Balaban J connectivity index is 4.26. The van der Waals surface area contributed by atoms with E-state index in [1.807, 2.05) is 0 Å². The summed E-state index contributed by atoms with van der Waals surface area (Å²) in [7, 11) is 0. The minimum Gasteiger partial charge on any atom is -0.462 e. The quantitative estimate of drug-likeness (QED) is 0.0343. The van der Waals surface area contributed by atoms with Crippen molar-refractivity contribution in [2.24, 2.45) is 11.8 Å². The van der Waals surface area contributed by atoms with E-state index < -0.39 is 6.10 Å². The number of unbranched alkanes of at least 4 members (excludes halogenated alkanes) is 41. The van der Waals surface area contributed by atoms with Gasteiger partial charge in [-0.15, -0.1) is 0 Å². The van der Waals surface area contributed by atoms with Gasteiger partial charge in [-0.25, -0.2) is 0 Å². The Morgan fingerprint density at radius 3 is 0.721 bits per heavy atom. The number of ether oxygens (including phenoxy) is 3. The molecule has 0 radical (unpaired) electrons. The third kappa shape index (κ3) is 55.3. The molecule has 0 saturated carbocycles. The Morgan fingerprint density at radius 1 is 0.279 bits per heavy atom. The molecule has 0 heterocycles. The molecule has 404 valence electrons. The van der Waals surface area contributed by atoms with Crippen LogP contribution in [0.5, 0.6) is 0 Å². The molecule has 0 aliphatic rings. The lowest BCUT2D eigenvalue weighted by atomic mass is 10.0. The van der Waals surface area contributed by atoms with Crippen LogP contribution >= 0.6 is 0 Å². The molecule has 0 aliphatic carbocycles.